The van der Waals surface area contributed by atoms with E-state index in [2.05, 4.69) is 40.3 Å². The lowest BCUT2D eigenvalue weighted by Crippen LogP contribution is -2.16. The molecule has 1 atom stereocenters. The summed E-state index contributed by atoms with van der Waals surface area (Å²) in [6, 6.07) is 34.5. The largest absolute Gasteiger partial charge is 0.343 e. The standard InChI is InChI=1S/C30H25FN2O/c31-24-17-15-23(16-18-24)27(19-30(34)32-25-11-5-2-6-12-25)28-21-33(20-22-9-3-1-4-10-22)29-14-8-7-13-26(28)29/h1-18,21,27H,19-20H2,(H,32,34)/t27-/m0/s1. The van der Waals surface area contributed by atoms with E-state index in [1.165, 1.54) is 17.7 Å². The molecule has 0 aliphatic rings. The summed E-state index contributed by atoms with van der Waals surface area (Å²) in [5, 5.41) is 4.10. The Morgan fingerprint density at radius 2 is 1.44 bits per heavy atom. The van der Waals surface area contributed by atoms with Crippen LogP contribution in [-0.4, -0.2) is 10.5 Å². The number of carbonyl (C=O) groups is 1. The number of para-hydroxylation sites is 2. The Morgan fingerprint density at radius 3 is 2.18 bits per heavy atom. The van der Waals surface area contributed by atoms with Gasteiger partial charge in [-0.25, -0.2) is 4.39 Å². The van der Waals surface area contributed by atoms with Crippen LogP contribution in [0.2, 0.25) is 0 Å². The molecule has 34 heavy (non-hydrogen) atoms. The fraction of sp³-hybridized carbons (Fsp3) is 0.100. The molecule has 1 heterocycles. The van der Waals surface area contributed by atoms with Crippen LogP contribution in [0.15, 0.2) is 115 Å². The van der Waals surface area contributed by atoms with E-state index < -0.39 is 0 Å². The smallest absolute Gasteiger partial charge is 0.225 e. The van der Waals surface area contributed by atoms with Crippen molar-refractivity contribution in [2.24, 2.45) is 0 Å². The molecule has 5 aromatic rings. The number of benzene rings is 4. The molecule has 0 aliphatic carbocycles. The van der Waals surface area contributed by atoms with Crippen molar-refractivity contribution in [2.75, 3.05) is 5.32 Å². The second-order valence-corrected chi connectivity index (χ2v) is 8.44. The predicted octanol–water partition coefficient (Wildman–Crippen LogP) is 6.99. The van der Waals surface area contributed by atoms with Crippen LogP contribution in [-0.2, 0) is 11.3 Å². The summed E-state index contributed by atoms with van der Waals surface area (Å²) in [5.74, 6) is -0.589. The zero-order valence-corrected chi connectivity index (χ0v) is 18.7. The SMILES string of the molecule is O=C(C[C@@H](c1ccc(F)cc1)c1cn(Cc2ccccc2)c2ccccc12)Nc1ccccc1. The minimum Gasteiger partial charge on any atom is -0.343 e. The van der Waals surface area contributed by atoms with Crippen LogP contribution in [0.1, 0.15) is 29.0 Å². The number of nitrogens with one attached hydrogen (secondary N) is 1. The highest BCUT2D eigenvalue weighted by Gasteiger charge is 2.23. The lowest BCUT2D eigenvalue weighted by Gasteiger charge is -2.17. The monoisotopic (exact) mass is 448 g/mol. The maximum atomic E-state index is 13.7. The van der Waals surface area contributed by atoms with Gasteiger partial charge in [-0.05, 0) is 47.0 Å². The highest BCUT2D eigenvalue weighted by Crippen LogP contribution is 2.35. The molecular formula is C30H25FN2O. The molecule has 5 rings (SSSR count). The van der Waals surface area contributed by atoms with Gasteiger partial charge in [-0.2, -0.15) is 0 Å². The van der Waals surface area contributed by atoms with Gasteiger partial charge in [-0.3, -0.25) is 4.79 Å². The van der Waals surface area contributed by atoms with Gasteiger partial charge in [-0.1, -0.05) is 78.9 Å². The molecule has 0 spiro atoms. The van der Waals surface area contributed by atoms with E-state index >= 15 is 0 Å². The Labute approximate surface area is 198 Å². The van der Waals surface area contributed by atoms with Crippen LogP contribution >= 0.6 is 0 Å². The van der Waals surface area contributed by atoms with Crippen LogP contribution in [0.3, 0.4) is 0 Å². The maximum Gasteiger partial charge on any atom is 0.225 e. The van der Waals surface area contributed by atoms with E-state index in [4.69, 9.17) is 0 Å². The van der Waals surface area contributed by atoms with Gasteiger partial charge in [0.05, 0.1) is 0 Å². The Hall–Kier alpha value is -4.18. The molecule has 4 heteroatoms. The number of hydrogen-bond donors (Lipinski definition) is 1. The fourth-order valence-electron chi connectivity index (χ4n) is 4.49. The van der Waals surface area contributed by atoms with E-state index in [1.807, 2.05) is 60.7 Å². The third-order valence-electron chi connectivity index (χ3n) is 6.11. The number of anilines is 1. The van der Waals surface area contributed by atoms with Crippen molar-refractivity contribution >= 4 is 22.5 Å². The third-order valence-corrected chi connectivity index (χ3v) is 6.11. The normalized spacial score (nSPS) is 11.9. The van der Waals surface area contributed by atoms with Crippen molar-refractivity contribution in [3.63, 3.8) is 0 Å². The van der Waals surface area contributed by atoms with Crippen molar-refractivity contribution in [3.05, 3.63) is 138 Å². The van der Waals surface area contributed by atoms with Gasteiger partial charge in [0.25, 0.3) is 0 Å². The number of nitrogens with zero attached hydrogens (tertiary/aromatic N) is 1. The van der Waals surface area contributed by atoms with Crippen molar-refractivity contribution in [2.45, 2.75) is 18.9 Å². The molecule has 0 bridgehead atoms. The lowest BCUT2D eigenvalue weighted by atomic mass is 9.88. The fourth-order valence-corrected chi connectivity index (χ4v) is 4.49. The highest BCUT2D eigenvalue weighted by atomic mass is 19.1. The van der Waals surface area contributed by atoms with Crippen molar-refractivity contribution in [1.82, 2.24) is 4.57 Å². The molecule has 0 saturated carbocycles. The molecule has 3 nitrogen and oxygen atoms in total. The van der Waals surface area contributed by atoms with E-state index in [9.17, 15) is 9.18 Å². The molecule has 0 saturated heterocycles. The Balaban J connectivity index is 1.54. The Kier molecular flexibility index (Phi) is 6.21. The predicted molar refractivity (Wildman–Crippen MR) is 135 cm³/mol. The summed E-state index contributed by atoms with van der Waals surface area (Å²) in [6.07, 6.45) is 2.39. The number of hydrogen-bond acceptors (Lipinski definition) is 1. The molecule has 0 fully saturated rings. The van der Waals surface area contributed by atoms with Gasteiger partial charge in [0.1, 0.15) is 5.82 Å². The van der Waals surface area contributed by atoms with Gasteiger partial charge >= 0.3 is 0 Å². The first-order chi connectivity index (χ1) is 16.7. The number of fused-ring (bicyclic) bond motifs is 1. The van der Waals surface area contributed by atoms with Crippen LogP contribution < -0.4 is 5.32 Å². The summed E-state index contributed by atoms with van der Waals surface area (Å²) in [5.41, 5.74) is 5.04. The number of rotatable bonds is 7. The summed E-state index contributed by atoms with van der Waals surface area (Å²) < 4.78 is 15.9. The second-order valence-electron chi connectivity index (χ2n) is 8.44. The van der Waals surface area contributed by atoms with Crippen molar-refractivity contribution in [3.8, 4) is 0 Å². The molecule has 1 aromatic heterocycles. The number of carbonyl (C=O) groups excluding carboxylic acids is 1. The highest BCUT2D eigenvalue weighted by molar-refractivity contribution is 5.93. The topological polar surface area (TPSA) is 34.0 Å². The molecule has 1 N–H and O–H groups in total. The number of aromatic nitrogens is 1. The average Bonchev–Trinajstić information content (AvgIpc) is 3.22. The van der Waals surface area contributed by atoms with Gasteiger partial charge in [0, 0.05) is 41.7 Å². The molecule has 0 unspecified atom stereocenters. The molecular weight excluding hydrogens is 423 g/mol. The first kappa shape index (κ1) is 21.7. The second kappa shape index (κ2) is 9.75. The molecule has 1 amide bonds. The summed E-state index contributed by atoms with van der Waals surface area (Å²) >= 11 is 0. The summed E-state index contributed by atoms with van der Waals surface area (Å²) in [6.45, 7) is 0.730. The number of amides is 1. The summed E-state index contributed by atoms with van der Waals surface area (Å²) in [7, 11) is 0. The number of halogens is 1. The minimum atomic E-state index is -0.289. The maximum absolute atomic E-state index is 13.7. The molecule has 168 valence electrons. The lowest BCUT2D eigenvalue weighted by molar-refractivity contribution is -0.116. The first-order valence-electron chi connectivity index (χ1n) is 11.4. The molecule has 0 aliphatic heterocycles. The van der Waals surface area contributed by atoms with Gasteiger partial charge in [-0.15, -0.1) is 0 Å². The zero-order valence-electron chi connectivity index (χ0n) is 18.7. The minimum absolute atomic E-state index is 0.0829. The zero-order chi connectivity index (χ0) is 23.3. The Morgan fingerprint density at radius 1 is 0.794 bits per heavy atom. The van der Waals surface area contributed by atoms with E-state index in [1.54, 1.807) is 12.1 Å². The van der Waals surface area contributed by atoms with E-state index in [-0.39, 0.29) is 24.1 Å². The van der Waals surface area contributed by atoms with E-state index in [0.717, 1.165) is 34.3 Å². The third kappa shape index (κ3) is 4.76. The van der Waals surface area contributed by atoms with Gasteiger partial charge < -0.3 is 9.88 Å². The van der Waals surface area contributed by atoms with Crippen LogP contribution in [0.5, 0.6) is 0 Å². The molecule has 4 aromatic carbocycles. The summed E-state index contributed by atoms with van der Waals surface area (Å²) in [4.78, 5) is 13.1. The van der Waals surface area contributed by atoms with E-state index in [0.29, 0.717) is 0 Å². The van der Waals surface area contributed by atoms with Crippen LogP contribution in [0.25, 0.3) is 10.9 Å². The van der Waals surface area contributed by atoms with Gasteiger partial charge in [0.15, 0.2) is 0 Å². The van der Waals surface area contributed by atoms with Crippen molar-refractivity contribution in [1.29, 1.82) is 0 Å². The van der Waals surface area contributed by atoms with Crippen molar-refractivity contribution < 1.29 is 9.18 Å². The quantitative estimate of drug-likeness (QED) is 0.286. The molecule has 0 radical (unpaired) electrons. The van der Waals surface area contributed by atoms with Gasteiger partial charge in [0.2, 0.25) is 5.91 Å². The Bertz CT molecular complexity index is 1390. The first-order valence-corrected chi connectivity index (χ1v) is 11.4. The average molecular weight is 449 g/mol. The van der Waals surface area contributed by atoms with Crippen LogP contribution in [0, 0.1) is 5.82 Å². The van der Waals surface area contributed by atoms with Crippen LogP contribution in [0.4, 0.5) is 10.1 Å².